The van der Waals surface area contributed by atoms with Gasteiger partial charge in [-0.15, -0.1) is 0 Å². The van der Waals surface area contributed by atoms with E-state index in [1.807, 2.05) is 57.4 Å². The fourth-order valence-corrected chi connectivity index (χ4v) is 2.29. The summed E-state index contributed by atoms with van der Waals surface area (Å²) in [5.74, 6) is 1.88. The highest BCUT2D eigenvalue weighted by molar-refractivity contribution is 5.43. The summed E-state index contributed by atoms with van der Waals surface area (Å²) in [5.41, 5.74) is 1.99. The van der Waals surface area contributed by atoms with E-state index < -0.39 is 0 Å². The number of ether oxygens (including phenoxy) is 1. The molecule has 2 aromatic rings. The smallest absolute Gasteiger partial charge is 0.131 e. The first-order chi connectivity index (χ1) is 10.5. The van der Waals surface area contributed by atoms with Gasteiger partial charge in [0.1, 0.15) is 17.2 Å². The average molecular weight is 300 g/mol. The Labute approximate surface area is 132 Å². The van der Waals surface area contributed by atoms with Crippen LogP contribution in [0.15, 0.2) is 42.5 Å². The number of para-hydroxylation sites is 1. The molecule has 0 aliphatic carbocycles. The second kappa shape index (κ2) is 7.29. The molecular weight excluding hydrogens is 276 g/mol. The zero-order chi connectivity index (χ0) is 16.1. The Morgan fingerprint density at radius 2 is 1.50 bits per heavy atom. The van der Waals surface area contributed by atoms with Crippen LogP contribution in [0.2, 0.25) is 0 Å². The van der Waals surface area contributed by atoms with Crippen molar-refractivity contribution in [1.29, 1.82) is 0 Å². The molecule has 2 aromatic carbocycles. The molecule has 4 heteroatoms. The van der Waals surface area contributed by atoms with Crippen LogP contribution >= 0.6 is 0 Å². The van der Waals surface area contributed by atoms with E-state index in [0.717, 1.165) is 29.2 Å². The van der Waals surface area contributed by atoms with Crippen LogP contribution in [0.3, 0.4) is 0 Å². The number of nitrogens with zero attached hydrogens (tertiary/aromatic N) is 2. The number of hydrogen-bond acceptors (Lipinski definition) is 4. The third-order valence-electron chi connectivity index (χ3n) is 3.22. The molecule has 2 rings (SSSR count). The Kier molecular flexibility index (Phi) is 5.41. The van der Waals surface area contributed by atoms with E-state index in [0.29, 0.717) is 12.3 Å². The number of phenolic OH excluding ortho intramolecular Hbond substituents is 1. The van der Waals surface area contributed by atoms with E-state index >= 15 is 0 Å². The number of hydrogen-bond donors (Lipinski definition) is 1. The molecule has 0 aromatic heterocycles. The molecule has 4 nitrogen and oxygen atoms in total. The molecular formula is C18H24N2O2. The Morgan fingerprint density at radius 3 is 2.18 bits per heavy atom. The minimum atomic E-state index is 0.294. The summed E-state index contributed by atoms with van der Waals surface area (Å²) in [6.45, 7) is 1.49. The molecule has 0 aliphatic rings. The van der Waals surface area contributed by atoms with Gasteiger partial charge in [0, 0.05) is 24.2 Å². The minimum absolute atomic E-state index is 0.294. The quantitative estimate of drug-likeness (QED) is 0.888. The van der Waals surface area contributed by atoms with E-state index in [1.165, 1.54) is 0 Å². The normalized spacial score (nSPS) is 11.2. The van der Waals surface area contributed by atoms with Gasteiger partial charge in [0.25, 0.3) is 0 Å². The zero-order valence-corrected chi connectivity index (χ0v) is 13.7. The van der Waals surface area contributed by atoms with Gasteiger partial charge in [0.05, 0.1) is 0 Å². The van der Waals surface area contributed by atoms with Gasteiger partial charge in [0.2, 0.25) is 0 Å². The van der Waals surface area contributed by atoms with Gasteiger partial charge >= 0.3 is 0 Å². The lowest BCUT2D eigenvalue weighted by Gasteiger charge is -2.16. The predicted octanol–water partition coefficient (Wildman–Crippen LogP) is 3.31. The van der Waals surface area contributed by atoms with Crippen molar-refractivity contribution in [3.8, 4) is 17.2 Å². The van der Waals surface area contributed by atoms with Crippen LogP contribution in [0.5, 0.6) is 17.2 Å². The Balaban J connectivity index is 2.24. The maximum Gasteiger partial charge on any atom is 0.131 e. The highest BCUT2D eigenvalue weighted by atomic mass is 16.5. The van der Waals surface area contributed by atoms with Crippen LogP contribution in [0.4, 0.5) is 0 Å². The van der Waals surface area contributed by atoms with Crippen LogP contribution in [0, 0.1) is 0 Å². The molecule has 0 fully saturated rings. The van der Waals surface area contributed by atoms with Crippen molar-refractivity contribution < 1.29 is 9.84 Å². The number of phenols is 1. The van der Waals surface area contributed by atoms with Crippen molar-refractivity contribution >= 4 is 0 Å². The fourth-order valence-electron chi connectivity index (χ4n) is 2.29. The number of benzene rings is 2. The maximum atomic E-state index is 9.93. The summed E-state index contributed by atoms with van der Waals surface area (Å²) in [5, 5.41) is 9.93. The lowest BCUT2D eigenvalue weighted by molar-refractivity contribution is 0.380. The molecule has 0 unspecified atom stereocenters. The monoisotopic (exact) mass is 300 g/mol. The van der Waals surface area contributed by atoms with Crippen molar-refractivity contribution in [2.75, 3.05) is 28.2 Å². The van der Waals surface area contributed by atoms with E-state index in [9.17, 15) is 5.11 Å². The van der Waals surface area contributed by atoms with Gasteiger partial charge in [0.15, 0.2) is 0 Å². The first-order valence-electron chi connectivity index (χ1n) is 7.33. The van der Waals surface area contributed by atoms with Gasteiger partial charge in [-0.25, -0.2) is 0 Å². The average Bonchev–Trinajstić information content (AvgIpc) is 2.43. The number of aromatic hydroxyl groups is 1. The summed E-state index contributed by atoms with van der Waals surface area (Å²) in [6.07, 6.45) is 0. The predicted molar refractivity (Wildman–Crippen MR) is 89.4 cm³/mol. The van der Waals surface area contributed by atoms with Gasteiger partial charge in [-0.3, -0.25) is 0 Å². The topological polar surface area (TPSA) is 35.9 Å². The molecule has 0 radical (unpaired) electrons. The first kappa shape index (κ1) is 16.3. The summed E-state index contributed by atoms with van der Waals surface area (Å²) < 4.78 is 6.03. The molecule has 118 valence electrons. The van der Waals surface area contributed by atoms with Crippen LogP contribution in [-0.4, -0.2) is 43.1 Å². The fraction of sp³-hybridized carbons (Fsp3) is 0.333. The van der Waals surface area contributed by atoms with Crippen molar-refractivity contribution in [3.63, 3.8) is 0 Å². The van der Waals surface area contributed by atoms with Gasteiger partial charge in [-0.1, -0.05) is 18.2 Å². The molecule has 0 atom stereocenters. The molecule has 1 N–H and O–H groups in total. The van der Waals surface area contributed by atoms with Crippen molar-refractivity contribution in [2.24, 2.45) is 0 Å². The van der Waals surface area contributed by atoms with Crippen LogP contribution < -0.4 is 4.74 Å². The largest absolute Gasteiger partial charge is 0.508 e. The maximum absolute atomic E-state index is 9.93. The SMILES string of the molecule is CN(C)Cc1cc(Oc2ccccc2CN(C)C)ccc1O. The van der Waals surface area contributed by atoms with Gasteiger partial charge in [-0.05, 0) is 52.5 Å². The zero-order valence-electron chi connectivity index (χ0n) is 13.7. The molecule has 0 aliphatic heterocycles. The lowest BCUT2D eigenvalue weighted by Crippen LogP contribution is -2.11. The third kappa shape index (κ3) is 4.48. The summed E-state index contributed by atoms with van der Waals surface area (Å²) in [7, 11) is 8.01. The minimum Gasteiger partial charge on any atom is -0.508 e. The standard InChI is InChI=1S/C18H24N2O2/c1-19(2)12-14-7-5-6-8-18(14)22-16-9-10-17(21)15(11-16)13-20(3)4/h5-11,21H,12-13H2,1-4H3. The van der Waals surface area contributed by atoms with Crippen LogP contribution in [0.25, 0.3) is 0 Å². The van der Waals surface area contributed by atoms with E-state index in [-0.39, 0.29) is 0 Å². The first-order valence-corrected chi connectivity index (χ1v) is 7.33. The molecule has 0 saturated carbocycles. The summed E-state index contributed by atoms with van der Waals surface area (Å²) in [4.78, 5) is 4.12. The molecule has 0 heterocycles. The van der Waals surface area contributed by atoms with Crippen molar-refractivity contribution in [1.82, 2.24) is 9.80 Å². The van der Waals surface area contributed by atoms with E-state index in [1.54, 1.807) is 12.1 Å². The third-order valence-corrected chi connectivity index (χ3v) is 3.22. The Morgan fingerprint density at radius 1 is 0.864 bits per heavy atom. The van der Waals surface area contributed by atoms with Gasteiger partial charge in [-0.2, -0.15) is 0 Å². The summed E-state index contributed by atoms with van der Waals surface area (Å²) in [6, 6.07) is 13.4. The van der Waals surface area contributed by atoms with Crippen LogP contribution in [-0.2, 0) is 13.1 Å². The molecule has 22 heavy (non-hydrogen) atoms. The molecule has 0 bridgehead atoms. The highest BCUT2D eigenvalue weighted by Gasteiger charge is 2.08. The number of rotatable bonds is 6. The molecule has 0 saturated heterocycles. The molecule has 0 amide bonds. The summed E-state index contributed by atoms with van der Waals surface area (Å²) >= 11 is 0. The molecule has 0 spiro atoms. The van der Waals surface area contributed by atoms with Crippen molar-refractivity contribution in [2.45, 2.75) is 13.1 Å². The Bertz CT molecular complexity index is 624. The second-order valence-electron chi connectivity index (χ2n) is 5.98. The van der Waals surface area contributed by atoms with Crippen molar-refractivity contribution in [3.05, 3.63) is 53.6 Å². The van der Waals surface area contributed by atoms with Crippen LogP contribution in [0.1, 0.15) is 11.1 Å². The van der Waals surface area contributed by atoms with Gasteiger partial charge < -0.3 is 19.6 Å². The van der Waals surface area contributed by atoms with E-state index in [4.69, 9.17) is 4.74 Å². The Hall–Kier alpha value is -2.04. The highest BCUT2D eigenvalue weighted by Crippen LogP contribution is 2.30. The van der Waals surface area contributed by atoms with E-state index in [2.05, 4.69) is 11.0 Å². The lowest BCUT2D eigenvalue weighted by atomic mass is 10.1. The second-order valence-corrected chi connectivity index (χ2v) is 5.98.